The normalized spacial score (nSPS) is 16.8. The molecule has 142 valence electrons. The third-order valence-electron chi connectivity index (χ3n) is 4.82. The van der Waals surface area contributed by atoms with E-state index in [4.69, 9.17) is 22.8 Å². The predicted molar refractivity (Wildman–Crippen MR) is 107 cm³/mol. The Hall–Kier alpha value is -1.90. The molecule has 2 aromatic carbocycles. The quantitative estimate of drug-likeness (QED) is 0.672. The van der Waals surface area contributed by atoms with Gasteiger partial charge in [0, 0.05) is 37.7 Å². The summed E-state index contributed by atoms with van der Waals surface area (Å²) in [6.45, 7) is 6.13. The first-order valence-corrected chi connectivity index (χ1v) is 9.54. The molecule has 1 saturated heterocycles. The Kier molecular flexibility index (Phi) is 7.25. The van der Waals surface area contributed by atoms with E-state index in [1.165, 1.54) is 12.1 Å². The first kappa shape index (κ1) is 19.9. The molecule has 1 heterocycles. The van der Waals surface area contributed by atoms with Crippen LogP contribution < -0.4 is 0 Å². The van der Waals surface area contributed by atoms with Crippen LogP contribution in [0.2, 0.25) is 5.02 Å². The number of ether oxygens (including phenoxy) is 1. The highest BCUT2D eigenvalue weighted by Crippen LogP contribution is 2.27. The van der Waals surface area contributed by atoms with E-state index >= 15 is 0 Å². The maximum Gasteiger partial charge on any atom is 0.123 e. The SMILES string of the molecule is C#CCN1CCN(CCOC(c2ccc(F)cc2)c2ccc(Cl)cc2)CC1. The lowest BCUT2D eigenvalue weighted by Gasteiger charge is -2.33. The van der Waals surface area contributed by atoms with Crippen LogP contribution in [0.5, 0.6) is 0 Å². The van der Waals surface area contributed by atoms with Crippen molar-refractivity contribution in [3.63, 3.8) is 0 Å². The summed E-state index contributed by atoms with van der Waals surface area (Å²) in [6.07, 6.45) is 5.13. The number of benzene rings is 2. The average molecular weight is 387 g/mol. The van der Waals surface area contributed by atoms with Gasteiger partial charge in [0.15, 0.2) is 0 Å². The van der Waals surface area contributed by atoms with E-state index in [9.17, 15) is 4.39 Å². The van der Waals surface area contributed by atoms with Crippen molar-refractivity contribution >= 4 is 11.6 Å². The van der Waals surface area contributed by atoms with Crippen molar-refractivity contribution in [2.24, 2.45) is 0 Å². The fourth-order valence-electron chi connectivity index (χ4n) is 3.26. The molecular formula is C22H24ClFN2O. The van der Waals surface area contributed by atoms with Crippen LogP contribution in [0.25, 0.3) is 0 Å². The third kappa shape index (κ3) is 5.79. The topological polar surface area (TPSA) is 15.7 Å². The molecule has 0 saturated carbocycles. The number of nitrogens with zero attached hydrogens (tertiary/aromatic N) is 2. The molecule has 0 N–H and O–H groups in total. The minimum atomic E-state index is -0.251. The van der Waals surface area contributed by atoms with Gasteiger partial charge in [-0.1, -0.05) is 41.8 Å². The highest BCUT2D eigenvalue weighted by molar-refractivity contribution is 6.30. The molecule has 0 spiro atoms. The highest BCUT2D eigenvalue weighted by atomic mass is 35.5. The molecule has 2 aromatic rings. The molecule has 3 rings (SSSR count). The van der Waals surface area contributed by atoms with Gasteiger partial charge < -0.3 is 4.74 Å². The molecule has 1 aliphatic rings. The summed E-state index contributed by atoms with van der Waals surface area (Å²) in [5.74, 6) is 2.45. The molecule has 0 radical (unpaired) electrons. The van der Waals surface area contributed by atoms with E-state index in [2.05, 4.69) is 15.7 Å². The second-order valence-electron chi connectivity index (χ2n) is 6.68. The summed E-state index contributed by atoms with van der Waals surface area (Å²) in [5.41, 5.74) is 1.93. The summed E-state index contributed by atoms with van der Waals surface area (Å²) in [6, 6.07) is 14.1. The van der Waals surface area contributed by atoms with Gasteiger partial charge in [-0.25, -0.2) is 4.39 Å². The summed E-state index contributed by atoms with van der Waals surface area (Å²) < 4.78 is 19.5. The summed E-state index contributed by atoms with van der Waals surface area (Å²) >= 11 is 6.01. The molecule has 0 bridgehead atoms. The van der Waals surface area contributed by atoms with Crippen LogP contribution in [0.15, 0.2) is 48.5 Å². The van der Waals surface area contributed by atoms with Crippen LogP contribution in [0, 0.1) is 18.2 Å². The van der Waals surface area contributed by atoms with E-state index < -0.39 is 0 Å². The second-order valence-corrected chi connectivity index (χ2v) is 7.11. The molecule has 0 aromatic heterocycles. The number of rotatable bonds is 7. The minimum Gasteiger partial charge on any atom is -0.367 e. The Morgan fingerprint density at radius 1 is 0.963 bits per heavy atom. The largest absolute Gasteiger partial charge is 0.367 e. The molecule has 1 atom stereocenters. The average Bonchev–Trinajstić information content (AvgIpc) is 2.69. The number of hydrogen-bond acceptors (Lipinski definition) is 3. The van der Waals surface area contributed by atoms with E-state index in [1.54, 1.807) is 12.1 Å². The van der Waals surface area contributed by atoms with Crippen LogP contribution in [0.4, 0.5) is 4.39 Å². The van der Waals surface area contributed by atoms with Gasteiger partial charge in [0.2, 0.25) is 0 Å². The lowest BCUT2D eigenvalue weighted by molar-refractivity contribution is 0.0469. The lowest BCUT2D eigenvalue weighted by atomic mass is 10.0. The van der Waals surface area contributed by atoms with Gasteiger partial charge in [0.1, 0.15) is 11.9 Å². The second kappa shape index (κ2) is 9.87. The van der Waals surface area contributed by atoms with Crippen molar-refractivity contribution in [3.05, 3.63) is 70.5 Å². The van der Waals surface area contributed by atoms with Crippen LogP contribution >= 0.6 is 11.6 Å². The van der Waals surface area contributed by atoms with Gasteiger partial charge in [-0.15, -0.1) is 6.42 Å². The Labute approximate surface area is 165 Å². The van der Waals surface area contributed by atoms with Crippen molar-refractivity contribution in [2.45, 2.75) is 6.10 Å². The standard InChI is InChI=1S/C22H24ClFN2O/c1-2-11-25-12-14-26(15-13-25)16-17-27-22(18-3-7-20(23)8-4-18)19-5-9-21(24)10-6-19/h1,3-10,22H,11-17H2. The van der Waals surface area contributed by atoms with Gasteiger partial charge in [-0.05, 0) is 35.4 Å². The van der Waals surface area contributed by atoms with Crippen LogP contribution in [-0.4, -0.2) is 55.7 Å². The Bertz CT molecular complexity index is 704. The van der Waals surface area contributed by atoms with E-state index in [0.717, 1.165) is 43.9 Å². The Morgan fingerprint density at radius 2 is 1.52 bits per heavy atom. The van der Waals surface area contributed by atoms with Crippen LogP contribution in [0.1, 0.15) is 17.2 Å². The zero-order valence-corrected chi connectivity index (χ0v) is 16.0. The maximum absolute atomic E-state index is 13.3. The lowest BCUT2D eigenvalue weighted by Crippen LogP contribution is -2.47. The smallest absolute Gasteiger partial charge is 0.123 e. The maximum atomic E-state index is 13.3. The first-order chi connectivity index (χ1) is 13.2. The van der Waals surface area contributed by atoms with Crippen molar-refractivity contribution in [1.82, 2.24) is 9.80 Å². The first-order valence-electron chi connectivity index (χ1n) is 9.16. The fourth-order valence-corrected chi connectivity index (χ4v) is 3.39. The zero-order valence-electron chi connectivity index (χ0n) is 15.3. The van der Waals surface area contributed by atoms with Gasteiger partial charge in [-0.2, -0.15) is 0 Å². The van der Waals surface area contributed by atoms with Gasteiger partial charge in [0.05, 0.1) is 13.2 Å². The van der Waals surface area contributed by atoms with E-state index in [0.29, 0.717) is 18.2 Å². The molecule has 0 aliphatic carbocycles. The summed E-state index contributed by atoms with van der Waals surface area (Å²) in [5, 5.41) is 0.682. The van der Waals surface area contributed by atoms with Crippen LogP contribution in [0.3, 0.4) is 0 Å². The fraction of sp³-hybridized carbons (Fsp3) is 0.364. The molecule has 1 fully saturated rings. The molecular weight excluding hydrogens is 363 g/mol. The number of halogens is 2. The molecule has 3 nitrogen and oxygen atoms in total. The monoisotopic (exact) mass is 386 g/mol. The van der Waals surface area contributed by atoms with Gasteiger partial charge in [0.25, 0.3) is 0 Å². The molecule has 5 heteroatoms. The number of piperazine rings is 1. The Morgan fingerprint density at radius 3 is 2.11 bits per heavy atom. The van der Waals surface area contributed by atoms with Crippen molar-refractivity contribution in [1.29, 1.82) is 0 Å². The predicted octanol–water partition coefficient (Wildman–Crippen LogP) is 3.84. The van der Waals surface area contributed by atoms with Crippen molar-refractivity contribution in [3.8, 4) is 12.3 Å². The molecule has 1 aliphatic heterocycles. The third-order valence-corrected chi connectivity index (χ3v) is 5.07. The number of hydrogen-bond donors (Lipinski definition) is 0. The molecule has 0 amide bonds. The molecule has 1 unspecified atom stereocenters. The van der Waals surface area contributed by atoms with Gasteiger partial charge >= 0.3 is 0 Å². The van der Waals surface area contributed by atoms with Crippen LogP contribution in [-0.2, 0) is 4.74 Å². The minimum absolute atomic E-state index is 0.245. The van der Waals surface area contributed by atoms with Gasteiger partial charge in [-0.3, -0.25) is 9.80 Å². The Balaban J connectivity index is 1.60. The highest BCUT2D eigenvalue weighted by Gasteiger charge is 2.18. The molecule has 27 heavy (non-hydrogen) atoms. The van der Waals surface area contributed by atoms with E-state index in [1.807, 2.05) is 24.3 Å². The zero-order chi connectivity index (χ0) is 19.1. The van der Waals surface area contributed by atoms with E-state index in [-0.39, 0.29) is 11.9 Å². The van der Waals surface area contributed by atoms with Crippen molar-refractivity contribution in [2.75, 3.05) is 45.9 Å². The summed E-state index contributed by atoms with van der Waals surface area (Å²) in [4.78, 5) is 4.67. The van der Waals surface area contributed by atoms with Crippen molar-refractivity contribution < 1.29 is 9.13 Å². The number of terminal acetylenes is 1. The summed E-state index contributed by atoms with van der Waals surface area (Å²) in [7, 11) is 0.